The highest BCUT2D eigenvalue weighted by Gasteiger charge is 2.42. The Kier molecular flexibility index (Phi) is 4.94. The number of rotatable bonds is 2. The molecule has 0 saturated heterocycles. The molecule has 0 aliphatic carbocycles. The summed E-state index contributed by atoms with van der Waals surface area (Å²) in [6.07, 6.45) is -5.19. The lowest BCUT2D eigenvalue weighted by molar-refractivity contribution is -0.139. The highest BCUT2D eigenvalue weighted by Crippen LogP contribution is 2.51. The normalized spacial score (nSPS) is 12.4. The maximum absolute atomic E-state index is 13.0. The molecule has 0 bridgehead atoms. The molecule has 3 N–H and O–H groups in total. The summed E-state index contributed by atoms with van der Waals surface area (Å²) in [4.78, 5) is 9.66. The first kappa shape index (κ1) is 17.8. The predicted octanol–water partition coefficient (Wildman–Crippen LogP) is 4.51. The van der Waals surface area contributed by atoms with Crippen molar-refractivity contribution in [3.05, 3.63) is 16.7 Å². The van der Waals surface area contributed by atoms with E-state index < -0.39 is 56.2 Å². The minimum absolute atomic E-state index is 0.589. The minimum Gasteiger partial charge on any atom is -0.397 e. The van der Waals surface area contributed by atoms with Crippen LogP contribution in [0.3, 0.4) is 0 Å². The van der Waals surface area contributed by atoms with Gasteiger partial charge in [0.15, 0.2) is 0 Å². The van der Waals surface area contributed by atoms with E-state index in [4.69, 9.17) is 17.3 Å². The zero-order valence-corrected chi connectivity index (χ0v) is 11.7. The van der Waals surface area contributed by atoms with Crippen LogP contribution in [-0.4, -0.2) is 11.4 Å². The molecule has 0 unspecified atom stereocenters. The van der Waals surface area contributed by atoms with Crippen LogP contribution in [0.15, 0.2) is 11.0 Å². The van der Waals surface area contributed by atoms with E-state index >= 15 is 0 Å². The first-order valence-corrected chi connectivity index (χ1v) is 6.25. The minimum atomic E-state index is -5.19. The Morgan fingerprint density at radius 2 is 1.81 bits per heavy atom. The van der Waals surface area contributed by atoms with Gasteiger partial charge in [0.2, 0.25) is 5.91 Å². The van der Waals surface area contributed by atoms with Crippen molar-refractivity contribution in [3.8, 4) is 0 Å². The standard InChI is InChI=1S/C10H7ClF6N2OS/c1-3(20)19-7-5(18)2-4(11)8(21-10(15,16)17)6(7)9(12,13)14/h2H,18H2,1H3,(H,19,20). The lowest BCUT2D eigenvalue weighted by Crippen LogP contribution is -2.18. The van der Waals surface area contributed by atoms with Crippen LogP contribution in [0.2, 0.25) is 5.02 Å². The number of alkyl halides is 6. The number of benzene rings is 1. The van der Waals surface area contributed by atoms with Crippen molar-refractivity contribution >= 4 is 40.6 Å². The zero-order valence-electron chi connectivity index (χ0n) is 10.1. The number of carbonyl (C=O) groups is 1. The van der Waals surface area contributed by atoms with E-state index in [2.05, 4.69) is 0 Å². The maximum atomic E-state index is 13.0. The van der Waals surface area contributed by atoms with Crippen LogP contribution in [0.1, 0.15) is 12.5 Å². The monoisotopic (exact) mass is 352 g/mol. The molecule has 0 spiro atoms. The van der Waals surface area contributed by atoms with Crippen molar-refractivity contribution in [2.24, 2.45) is 0 Å². The van der Waals surface area contributed by atoms with Crippen LogP contribution < -0.4 is 11.1 Å². The Bertz CT molecular complexity index is 572. The lowest BCUT2D eigenvalue weighted by Gasteiger charge is -2.20. The third kappa shape index (κ3) is 4.60. The van der Waals surface area contributed by atoms with Gasteiger partial charge in [-0.05, 0) is 17.8 Å². The molecule has 0 aliphatic rings. The number of anilines is 2. The number of carbonyl (C=O) groups excluding carboxylic acids is 1. The van der Waals surface area contributed by atoms with Gasteiger partial charge < -0.3 is 11.1 Å². The van der Waals surface area contributed by atoms with E-state index in [1.165, 1.54) is 0 Å². The summed E-state index contributed by atoms with van der Waals surface area (Å²) >= 11 is 4.41. The largest absolute Gasteiger partial charge is 0.446 e. The number of nitrogens with one attached hydrogen (secondary N) is 1. The Hall–Kier alpha value is -1.29. The molecule has 1 amide bonds. The van der Waals surface area contributed by atoms with Crippen molar-refractivity contribution in [3.63, 3.8) is 0 Å². The lowest BCUT2D eigenvalue weighted by atomic mass is 10.1. The summed E-state index contributed by atoms with van der Waals surface area (Å²) in [6, 6.07) is 0.718. The number of amides is 1. The average Bonchev–Trinajstić information content (AvgIpc) is 2.20. The Morgan fingerprint density at radius 1 is 1.29 bits per heavy atom. The fraction of sp³-hybridized carbons (Fsp3) is 0.300. The fourth-order valence-electron chi connectivity index (χ4n) is 1.45. The van der Waals surface area contributed by atoms with Crippen molar-refractivity contribution in [1.82, 2.24) is 0 Å². The fourth-order valence-corrected chi connectivity index (χ4v) is 2.48. The molecule has 0 aromatic heterocycles. The van der Waals surface area contributed by atoms with Crippen LogP contribution in [0, 0.1) is 0 Å². The summed E-state index contributed by atoms with van der Waals surface area (Å²) in [5.41, 5.74) is -2.96. The van der Waals surface area contributed by atoms with Crippen LogP contribution in [0.25, 0.3) is 0 Å². The summed E-state index contributed by atoms with van der Waals surface area (Å²) in [6.45, 7) is 0.894. The van der Waals surface area contributed by atoms with Crippen molar-refractivity contribution in [2.45, 2.75) is 23.5 Å². The van der Waals surface area contributed by atoms with Crippen molar-refractivity contribution in [2.75, 3.05) is 11.1 Å². The summed E-state index contributed by atoms with van der Waals surface area (Å²) in [7, 11) is 0. The van der Waals surface area contributed by atoms with E-state index in [-0.39, 0.29) is 0 Å². The van der Waals surface area contributed by atoms with Gasteiger partial charge in [-0.15, -0.1) is 0 Å². The molecule has 0 saturated carbocycles. The predicted molar refractivity (Wildman–Crippen MR) is 67.1 cm³/mol. The van der Waals surface area contributed by atoms with Gasteiger partial charge in [-0.3, -0.25) is 4.79 Å². The first-order valence-electron chi connectivity index (χ1n) is 5.05. The molecule has 0 aliphatic heterocycles. The molecule has 1 aromatic carbocycles. The first-order chi connectivity index (χ1) is 9.33. The molecule has 0 radical (unpaired) electrons. The van der Waals surface area contributed by atoms with Gasteiger partial charge in [-0.1, -0.05) is 11.6 Å². The van der Waals surface area contributed by atoms with E-state index in [0.29, 0.717) is 0 Å². The smallest absolute Gasteiger partial charge is 0.397 e. The van der Waals surface area contributed by atoms with Gasteiger partial charge in [0.1, 0.15) is 0 Å². The molecule has 0 atom stereocenters. The van der Waals surface area contributed by atoms with Crippen LogP contribution >= 0.6 is 23.4 Å². The van der Waals surface area contributed by atoms with E-state index in [9.17, 15) is 31.1 Å². The van der Waals surface area contributed by atoms with Gasteiger partial charge in [-0.2, -0.15) is 26.3 Å². The average molecular weight is 353 g/mol. The molecular weight excluding hydrogens is 346 g/mol. The molecular formula is C10H7ClF6N2OS. The van der Waals surface area contributed by atoms with Crippen molar-refractivity contribution < 1.29 is 31.1 Å². The van der Waals surface area contributed by atoms with Crippen LogP contribution in [0.4, 0.5) is 37.7 Å². The summed E-state index contributed by atoms with van der Waals surface area (Å²) in [5.74, 6) is -0.919. The van der Waals surface area contributed by atoms with Crippen molar-refractivity contribution in [1.29, 1.82) is 0 Å². The molecule has 11 heteroatoms. The van der Waals surface area contributed by atoms with Gasteiger partial charge >= 0.3 is 11.7 Å². The maximum Gasteiger partial charge on any atom is 0.446 e. The third-order valence-electron chi connectivity index (χ3n) is 2.07. The van der Waals surface area contributed by atoms with Crippen LogP contribution in [-0.2, 0) is 11.0 Å². The second-order valence-corrected chi connectivity index (χ2v) is 5.24. The highest BCUT2D eigenvalue weighted by molar-refractivity contribution is 8.00. The Morgan fingerprint density at radius 3 is 2.19 bits per heavy atom. The number of thioether (sulfide) groups is 1. The molecule has 0 heterocycles. The molecule has 0 fully saturated rings. The summed E-state index contributed by atoms with van der Waals surface area (Å²) < 4.78 is 76.4. The molecule has 118 valence electrons. The van der Waals surface area contributed by atoms with Crippen LogP contribution in [0.5, 0.6) is 0 Å². The van der Waals surface area contributed by atoms with Gasteiger partial charge in [0.05, 0.1) is 22.0 Å². The molecule has 21 heavy (non-hydrogen) atoms. The van der Waals surface area contributed by atoms with Gasteiger partial charge in [0.25, 0.3) is 0 Å². The van der Waals surface area contributed by atoms with E-state index in [1.807, 2.05) is 0 Å². The number of hydrogen-bond donors (Lipinski definition) is 2. The molecule has 1 rings (SSSR count). The molecule has 1 aromatic rings. The third-order valence-corrected chi connectivity index (χ3v) is 3.34. The van der Waals surface area contributed by atoms with Gasteiger partial charge in [0, 0.05) is 11.8 Å². The number of halogens is 7. The zero-order chi connectivity index (χ0) is 16.6. The molecule has 3 nitrogen and oxygen atoms in total. The number of hydrogen-bond acceptors (Lipinski definition) is 3. The van der Waals surface area contributed by atoms with E-state index in [1.54, 1.807) is 5.32 Å². The van der Waals surface area contributed by atoms with Gasteiger partial charge in [-0.25, -0.2) is 0 Å². The second-order valence-electron chi connectivity index (χ2n) is 3.75. The Labute approximate surface area is 123 Å². The quantitative estimate of drug-likeness (QED) is 0.468. The highest BCUT2D eigenvalue weighted by atomic mass is 35.5. The number of nitrogens with two attached hydrogens (primary N) is 1. The topological polar surface area (TPSA) is 55.1 Å². The number of nitrogen functional groups attached to an aromatic ring is 1. The Balaban J connectivity index is 3.65. The van der Waals surface area contributed by atoms with E-state index in [0.717, 1.165) is 13.0 Å². The summed E-state index contributed by atoms with van der Waals surface area (Å²) in [5, 5.41) is 0.969. The SMILES string of the molecule is CC(=O)Nc1c(N)cc(Cl)c(SC(F)(F)F)c1C(F)(F)F. The second kappa shape index (κ2) is 5.84.